The highest BCUT2D eigenvalue weighted by atomic mass is 35.5. The second-order valence-electron chi connectivity index (χ2n) is 5.97. The highest BCUT2D eigenvalue weighted by Gasteiger charge is 2.13. The van der Waals surface area contributed by atoms with Gasteiger partial charge in [0.2, 0.25) is 0 Å². The Bertz CT molecular complexity index is 885. The molecule has 1 unspecified atom stereocenters. The summed E-state index contributed by atoms with van der Waals surface area (Å²) >= 11 is 11.9. The molecule has 0 fully saturated rings. The lowest BCUT2D eigenvalue weighted by atomic mass is 10.1. The molecule has 0 aliphatic carbocycles. The Balaban J connectivity index is 2.09. The second kappa shape index (κ2) is 8.09. The van der Waals surface area contributed by atoms with Gasteiger partial charge in [0.25, 0.3) is 0 Å². The van der Waals surface area contributed by atoms with Gasteiger partial charge in [0.05, 0.1) is 30.0 Å². The van der Waals surface area contributed by atoms with E-state index in [0.29, 0.717) is 10.9 Å². The number of ether oxygens (including phenoxy) is 1. The number of nitrogens with two attached hydrogens (primary N) is 1. The smallest absolute Gasteiger partial charge is 0.119 e. The van der Waals surface area contributed by atoms with Crippen LogP contribution in [0.25, 0.3) is 21.8 Å². The SMILES string of the molecule is COc1ccc2nc3cc(Cl)ccc3c(NC(N)CCCCCl)c2c1. The van der Waals surface area contributed by atoms with Gasteiger partial charge in [0.15, 0.2) is 0 Å². The van der Waals surface area contributed by atoms with Crippen molar-refractivity contribution in [2.75, 3.05) is 18.3 Å². The molecule has 0 saturated carbocycles. The quantitative estimate of drug-likeness (QED) is 0.258. The highest BCUT2D eigenvalue weighted by molar-refractivity contribution is 6.31. The number of hydrogen-bond donors (Lipinski definition) is 2. The van der Waals surface area contributed by atoms with Crippen LogP contribution in [0.3, 0.4) is 0 Å². The molecule has 1 aromatic heterocycles. The summed E-state index contributed by atoms with van der Waals surface area (Å²) in [7, 11) is 1.65. The molecule has 0 spiro atoms. The van der Waals surface area contributed by atoms with E-state index < -0.39 is 0 Å². The number of hydrogen-bond acceptors (Lipinski definition) is 4. The van der Waals surface area contributed by atoms with Gasteiger partial charge in [0, 0.05) is 21.7 Å². The van der Waals surface area contributed by atoms with E-state index in [1.807, 2.05) is 36.4 Å². The van der Waals surface area contributed by atoms with Gasteiger partial charge >= 0.3 is 0 Å². The number of alkyl halides is 1. The molecule has 25 heavy (non-hydrogen) atoms. The van der Waals surface area contributed by atoms with Crippen LogP contribution >= 0.6 is 23.2 Å². The molecule has 6 heteroatoms. The van der Waals surface area contributed by atoms with Crippen LogP contribution in [0.2, 0.25) is 5.02 Å². The molecule has 0 radical (unpaired) electrons. The number of aromatic nitrogens is 1. The fourth-order valence-electron chi connectivity index (χ4n) is 2.90. The van der Waals surface area contributed by atoms with E-state index in [9.17, 15) is 0 Å². The van der Waals surface area contributed by atoms with Crippen molar-refractivity contribution in [3.05, 3.63) is 41.4 Å². The molecule has 0 bridgehead atoms. The van der Waals surface area contributed by atoms with Gasteiger partial charge in [-0.25, -0.2) is 4.98 Å². The zero-order chi connectivity index (χ0) is 17.8. The summed E-state index contributed by atoms with van der Waals surface area (Å²) in [6.45, 7) is 0. The van der Waals surface area contributed by atoms with Crippen molar-refractivity contribution in [1.29, 1.82) is 0 Å². The number of fused-ring (bicyclic) bond motifs is 2. The number of rotatable bonds is 7. The van der Waals surface area contributed by atoms with Crippen molar-refractivity contribution in [2.45, 2.75) is 25.4 Å². The number of methoxy groups -OCH3 is 1. The zero-order valence-corrected chi connectivity index (χ0v) is 15.6. The summed E-state index contributed by atoms with van der Waals surface area (Å²) in [6, 6.07) is 11.5. The number of anilines is 1. The number of pyridine rings is 1. The average Bonchev–Trinajstić information content (AvgIpc) is 2.61. The first-order valence-electron chi connectivity index (χ1n) is 8.27. The molecular formula is C19H21Cl2N3O. The van der Waals surface area contributed by atoms with Gasteiger partial charge in [-0.15, -0.1) is 11.6 Å². The van der Waals surface area contributed by atoms with Crippen LogP contribution < -0.4 is 15.8 Å². The normalized spacial score (nSPS) is 12.5. The van der Waals surface area contributed by atoms with Crippen LogP contribution in [0.4, 0.5) is 5.69 Å². The summed E-state index contributed by atoms with van der Waals surface area (Å²) in [5.41, 5.74) is 8.95. The molecule has 0 amide bonds. The summed E-state index contributed by atoms with van der Waals surface area (Å²) in [5, 5.41) is 6.07. The van der Waals surface area contributed by atoms with Crippen molar-refractivity contribution < 1.29 is 4.74 Å². The zero-order valence-electron chi connectivity index (χ0n) is 14.1. The minimum atomic E-state index is -0.168. The fraction of sp³-hybridized carbons (Fsp3) is 0.316. The lowest BCUT2D eigenvalue weighted by molar-refractivity contribution is 0.415. The first-order valence-corrected chi connectivity index (χ1v) is 9.18. The first-order chi connectivity index (χ1) is 12.1. The summed E-state index contributed by atoms with van der Waals surface area (Å²) < 4.78 is 5.37. The Morgan fingerprint density at radius 3 is 2.72 bits per heavy atom. The molecule has 2 aromatic carbocycles. The third kappa shape index (κ3) is 4.09. The van der Waals surface area contributed by atoms with Gasteiger partial charge in [0.1, 0.15) is 5.75 Å². The maximum Gasteiger partial charge on any atom is 0.119 e. The van der Waals surface area contributed by atoms with Crippen molar-refractivity contribution in [3.8, 4) is 5.75 Å². The van der Waals surface area contributed by atoms with E-state index in [4.69, 9.17) is 38.7 Å². The lowest BCUT2D eigenvalue weighted by Gasteiger charge is -2.19. The van der Waals surface area contributed by atoms with Crippen LogP contribution in [-0.4, -0.2) is 24.1 Å². The minimum Gasteiger partial charge on any atom is -0.497 e. The van der Waals surface area contributed by atoms with E-state index in [1.54, 1.807) is 7.11 Å². The summed E-state index contributed by atoms with van der Waals surface area (Å²) in [4.78, 5) is 4.72. The largest absolute Gasteiger partial charge is 0.497 e. The molecule has 4 nitrogen and oxygen atoms in total. The standard InChI is InChI=1S/C19H21Cl2N3O/c1-25-13-6-8-16-15(11-13)19(24-18(22)4-2-3-9-20)14-7-5-12(21)10-17(14)23-16/h5-8,10-11,18H,2-4,9,22H2,1H3,(H,23,24). The van der Waals surface area contributed by atoms with Crippen LogP contribution in [0.1, 0.15) is 19.3 Å². The number of benzene rings is 2. The van der Waals surface area contributed by atoms with Gasteiger partial charge < -0.3 is 15.8 Å². The lowest BCUT2D eigenvalue weighted by Crippen LogP contribution is -2.29. The summed E-state index contributed by atoms with van der Waals surface area (Å²) in [5.74, 6) is 1.44. The first kappa shape index (κ1) is 18.1. The molecule has 3 aromatic rings. The fourth-order valence-corrected chi connectivity index (χ4v) is 3.25. The van der Waals surface area contributed by atoms with Gasteiger partial charge in [-0.3, -0.25) is 0 Å². The predicted octanol–water partition coefficient (Wildman–Crippen LogP) is 5.16. The monoisotopic (exact) mass is 377 g/mol. The summed E-state index contributed by atoms with van der Waals surface area (Å²) in [6.07, 6.45) is 2.61. The maximum atomic E-state index is 6.30. The molecule has 0 aliphatic heterocycles. The Labute approximate surface area is 157 Å². The van der Waals surface area contributed by atoms with Crippen molar-refractivity contribution in [2.24, 2.45) is 5.73 Å². The van der Waals surface area contributed by atoms with E-state index in [0.717, 1.165) is 52.5 Å². The molecule has 3 rings (SSSR count). The van der Waals surface area contributed by atoms with Crippen molar-refractivity contribution in [3.63, 3.8) is 0 Å². The Morgan fingerprint density at radius 1 is 1.12 bits per heavy atom. The number of halogens is 2. The average molecular weight is 378 g/mol. The third-order valence-electron chi connectivity index (χ3n) is 4.17. The van der Waals surface area contributed by atoms with Crippen molar-refractivity contribution >= 4 is 50.7 Å². The maximum absolute atomic E-state index is 6.30. The molecule has 3 N–H and O–H groups in total. The van der Waals surface area contributed by atoms with E-state index in [2.05, 4.69) is 5.32 Å². The van der Waals surface area contributed by atoms with E-state index in [-0.39, 0.29) is 6.17 Å². The van der Waals surface area contributed by atoms with Crippen LogP contribution in [0.15, 0.2) is 36.4 Å². The van der Waals surface area contributed by atoms with Crippen LogP contribution in [0, 0.1) is 0 Å². The van der Waals surface area contributed by atoms with Gasteiger partial charge in [-0.2, -0.15) is 0 Å². The number of nitrogens with zero attached hydrogens (tertiary/aromatic N) is 1. The molecule has 0 aliphatic rings. The number of nitrogens with one attached hydrogen (secondary N) is 1. The second-order valence-corrected chi connectivity index (χ2v) is 6.78. The Hall–Kier alpha value is -1.75. The molecule has 1 heterocycles. The molecule has 1 atom stereocenters. The Morgan fingerprint density at radius 2 is 1.96 bits per heavy atom. The third-order valence-corrected chi connectivity index (χ3v) is 4.67. The molecular weight excluding hydrogens is 357 g/mol. The number of unbranched alkanes of at least 4 members (excludes halogenated alkanes) is 1. The topological polar surface area (TPSA) is 60.2 Å². The predicted molar refractivity (Wildman–Crippen MR) is 107 cm³/mol. The van der Waals surface area contributed by atoms with Crippen molar-refractivity contribution in [1.82, 2.24) is 4.98 Å². The molecule has 0 saturated heterocycles. The van der Waals surface area contributed by atoms with Gasteiger partial charge in [-0.1, -0.05) is 11.6 Å². The van der Waals surface area contributed by atoms with Crippen LogP contribution in [-0.2, 0) is 0 Å². The van der Waals surface area contributed by atoms with E-state index in [1.165, 1.54) is 0 Å². The van der Waals surface area contributed by atoms with E-state index >= 15 is 0 Å². The highest BCUT2D eigenvalue weighted by Crippen LogP contribution is 2.34. The Kier molecular flexibility index (Phi) is 5.84. The minimum absolute atomic E-state index is 0.168. The van der Waals surface area contributed by atoms with Gasteiger partial charge in [-0.05, 0) is 55.7 Å². The molecule has 132 valence electrons. The van der Waals surface area contributed by atoms with Crippen LogP contribution in [0.5, 0.6) is 5.75 Å².